The number of benzene rings is 9. The largest absolute Gasteiger partial charge is 0.507 e. The van der Waals surface area contributed by atoms with Gasteiger partial charge >= 0.3 is 41.8 Å². The lowest BCUT2D eigenvalue weighted by Gasteiger charge is -2.37. The molecule has 9 aromatic carbocycles. The third-order valence-electron chi connectivity index (χ3n) is 18.0. The van der Waals surface area contributed by atoms with Crippen LogP contribution in [0.15, 0.2) is 182 Å². The number of aryl methyl sites for hydroxylation is 4. The molecule has 0 spiro atoms. The predicted octanol–water partition coefficient (Wildman–Crippen LogP) is 12.0. The summed E-state index contributed by atoms with van der Waals surface area (Å²) in [6.07, 6.45) is 0.375. The highest BCUT2D eigenvalue weighted by atomic mass is 16.6. The number of esters is 7. The molecule has 9 rings (SSSR count). The number of rotatable bonds is 35. The molecule has 0 radical (unpaired) electrons. The van der Waals surface area contributed by atoms with Gasteiger partial charge in [-0.2, -0.15) is 0 Å². The molecule has 1 atom stereocenters. The van der Waals surface area contributed by atoms with Gasteiger partial charge in [0.1, 0.15) is 64.1 Å². The summed E-state index contributed by atoms with van der Waals surface area (Å²) < 4.78 is 78.2. The molecule has 582 valence electrons. The van der Waals surface area contributed by atoms with Crippen molar-refractivity contribution in [2.24, 2.45) is 0 Å². The van der Waals surface area contributed by atoms with Crippen molar-refractivity contribution < 1.29 is 120 Å². The first-order chi connectivity index (χ1) is 53.4. The maximum atomic E-state index is 12.1. The van der Waals surface area contributed by atoms with Crippen LogP contribution in [0.3, 0.4) is 0 Å². The molecular formula is C86H88O25. The molecule has 0 aliphatic carbocycles. The van der Waals surface area contributed by atoms with E-state index < -0.39 is 53.1 Å². The molecule has 0 fully saturated rings. The number of carbonyl (C=O) groups is 8. The number of Topliss-reactive ketones (excluding diaryl/α,β-unsaturated/α-hetero) is 1. The molecule has 0 amide bonds. The second-order valence-electron chi connectivity index (χ2n) is 25.0. The maximum absolute atomic E-state index is 12.1. The fraction of sp³-hybridized carbons (Fsp3) is 0.279. The number of carbonyl (C=O) groups excluding carboxylic acids is 8. The number of aromatic hydroxyl groups is 2. The lowest BCUT2D eigenvalue weighted by molar-refractivity contribution is -0.143. The van der Waals surface area contributed by atoms with E-state index >= 15 is 0 Å². The summed E-state index contributed by atoms with van der Waals surface area (Å²) in [5.74, 6) is -1.66. The summed E-state index contributed by atoms with van der Waals surface area (Å²) in [5, 5.41) is 22.9. The molecule has 25 heteroatoms. The Kier molecular flexibility index (Phi) is 30.3. The molecular weight excluding hydrogens is 1430 g/mol. The van der Waals surface area contributed by atoms with E-state index in [4.69, 9.17) is 61.6 Å². The topological polar surface area (TPSA) is 315 Å². The highest BCUT2D eigenvalue weighted by molar-refractivity contribution is 5.80. The van der Waals surface area contributed by atoms with Crippen LogP contribution in [0.25, 0.3) is 0 Å². The fourth-order valence-electron chi connectivity index (χ4n) is 12.1. The van der Waals surface area contributed by atoms with Gasteiger partial charge in [-0.1, -0.05) is 104 Å². The zero-order valence-corrected chi connectivity index (χ0v) is 63.6. The number of methoxy groups -OCH3 is 7. The third kappa shape index (κ3) is 22.1. The Morgan fingerprint density at radius 2 is 0.532 bits per heavy atom. The average Bonchev–Trinajstić information content (AvgIpc) is 0.736. The van der Waals surface area contributed by atoms with E-state index in [2.05, 4.69) is 15.5 Å². The molecule has 0 aromatic heterocycles. The summed E-state index contributed by atoms with van der Waals surface area (Å²) in [4.78, 5) is 94.3. The van der Waals surface area contributed by atoms with Gasteiger partial charge in [0, 0.05) is 41.5 Å². The standard InChI is InChI=1S/C49H52O13.C37H36O12/c1-9-34(50)24-61-43-20-28(2)39(18-30(43)4)49(40-19-31(5)44(21-29(40)3)62-27-47(55)58-8)33-12-10-32(11-13-33)48(37-16-14-35(22-41(37)51)59-25-45(53)56-6)38-17-15-36(23-42(38)52)60-26-46(54)57-7;1-42-33(38)21-46-29-13-5-25(6-14-29)37(26-7-15-30(16-8-26)47-22-34(39)43-2,27-9-17-31(18-10-27)48-23-35(40)44-3)28-11-19-32(20-12-28)49-24-36(41)45-4/h10-23,48-49,51-52H,9,24-27H2,1-8H3;5-20H,21-24H2,1-4H3. The molecule has 25 nitrogen and oxygen atoms in total. The van der Waals surface area contributed by atoms with Crippen LogP contribution < -0.4 is 37.9 Å². The Bertz CT molecular complexity index is 4300. The molecule has 111 heavy (non-hydrogen) atoms. The van der Waals surface area contributed by atoms with Gasteiger partial charge in [-0.15, -0.1) is 0 Å². The zero-order valence-electron chi connectivity index (χ0n) is 63.6. The summed E-state index contributed by atoms with van der Waals surface area (Å²) in [7, 11) is 8.94. The van der Waals surface area contributed by atoms with Crippen molar-refractivity contribution in [3.05, 3.63) is 260 Å². The minimum absolute atomic E-state index is 0.00433. The first kappa shape index (κ1) is 83.6. The van der Waals surface area contributed by atoms with Crippen molar-refractivity contribution >= 4 is 47.6 Å². The van der Waals surface area contributed by atoms with E-state index in [1.807, 2.05) is 119 Å². The number of ketones is 1. The molecule has 1 unspecified atom stereocenters. The van der Waals surface area contributed by atoms with Gasteiger partial charge in [-0.25, -0.2) is 33.6 Å². The van der Waals surface area contributed by atoms with E-state index in [1.165, 1.54) is 61.9 Å². The Hall–Kier alpha value is -13.1. The normalized spacial score (nSPS) is 11.1. The lowest BCUT2D eigenvalue weighted by Crippen LogP contribution is -2.31. The summed E-state index contributed by atoms with van der Waals surface area (Å²) in [6, 6.07) is 54.3. The van der Waals surface area contributed by atoms with Crippen LogP contribution in [-0.2, 0) is 76.9 Å². The van der Waals surface area contributed by atoms with Gasteiger partial charge in [0.05, 0.1) is 55.2 Å². The van der Waals surface area contributed by atoms with E-state index in [0.717, 1.165) is 61.2 Å². The first-order valence-corrected chi connectivity index (χ1v) is 34.8. The molecule has 0 aliphatic rings. The van der Waals surface area contributed by atoms with Gasteiger partial charge in [0.2, 0.25) is 0 Å². The first-order valence-electron chi connectivity index (χ1n) is 34.8. The molecule has 2 N–H and O–H groups in total. The fourth-order valence-corrected chi connectivity index (χ4v) is 12.1. The van der Waals surface area contributed by atoms with Crippen LogP contribution in [0.1, 0.15) is 103 Å². The lowest BCUT2D eigenvalue weighted by atomic mass is 9.65. The highest BCUT2D eigenvalue weighted by Gasteiger charge is 2.39. The van der Waals surface area contributed by atoms with Crippen molar-refractivity contribution in [3.8, 4) is 57.5 Å². The second kappa shape index (κ2) is 40.2. The van der Waals surface area contributed by atoms with Crippen LogP contribution in [0.2, 0.25) is 0 Å². The van der Waals surface area contributed by atoms with E-state index in [0.29, 0.717) is 57.6 Å². The zero-order chi connectivity index (χ0) is 80.3. The van der Waals surface area contributed by atoms with Crippen molar-refractivity contribution in [3.63, 3.8) is 0 Å². The van der Waals surface area contributed by atoms with E-state index in [1.54, 1.807) is 79.7 Å². The Balaban J connectivity index is 0.000000287. The molecule has 0 bridgehead atoms. The molecule has 0 aliphatic heterocycles. The quantitative estimate of drug-likeness (QED) is 0.0212. The third-order valence-corrected chi connectivity index (χ3v) is 18.0. The number of ether oxygens (including phenoxy) is 15. The SMILES string of the molecule is CCC(=O)COc1cc(C)c(C(c2ccc(C(c3ccc(OCC(=O)OC)cc3O)c3ccc(OCC(=O)OC)cc3O)cc2)c2cc(C)c(OCC(=O)OC)cc2C)cc1C.COC(=O)COc1ccc(C(c2ccc(OCC(=O)OC)cc2)(c2ccc(OCC(=O)OC)cc2)c2ccc(OCC(=O)OC)cc2)cc1. The van der Waals surface area contributed by atoms with Gasteiger partial charge < -0.3 is 81.3 Å². The van der Waals surface area contributed by atoms with Crippen LogP contribution in [0, 0.1) is 27.7 Å². The monoisotopic (exact) mass is 1520 g/mol. The summed E-state index contributed by atoms with van der Waals surface area (Å²) in [5.41, 5.74) is 10.2. The van der Waals surface area contributed by atoms with Crippen LogP contribution in [-0.4, -0.2) is 160 Å². The summed E-state index contributed by atoms with van der Waals surface area (Å²) >= 11 is 0. The van der Waals surface area contributed by atoms with Gasteiger partial charge in [-0.05, 0) is 167 Å². The van der Waals surface area contributed by atoms with Crippen LogP contribution in [0.4, 0.5) is 0 Å². The van der Waals surface area contributed by atoms with Gasteiger partial charge in [0.25, 0.3) is 0 Å². The van der Waals surface area contributed by atoms with Crippen molar-refractivity contribution in [1.29, 1.82) is 0 Å². The molecule has 0 heterocycles. The smallest absolute Gasteiger partial charge is 0.343 e. The highest BCUT2D eigenvalue weighted by Crippen LogP contribution is 2.48. The second-order valence-corrected chi connectivity index (χ2v) is 25.0. The Morgan fingerprint density at radius 1 is 0.288 bits per heavy atom. The van der Waals surface area contributed by atoms with Crippen LogP contribution in [0.5, 0.6) is 57.5 Å². The Morgan fingerprint density at radius 3 is 0.793 bits per heavy atom. The van der Waals surface area contributed by atoms with Crippen molar-refractivity contribution in [2.45, 2.75) is 58.3 Å². The van der Waals surface area contributed by atoms with Crippen molar-refractivity contribution in [2.75, 3.05) is 103 Å². The average molecular weight is 1520 g/mol. The maximum Gasteiger partial charge on any atom is 0.343 e. The summed E-state index contributed by atoms with van der Waals surface area (Å²) in [6.45, 7) is 7.64. The van der Waals surface area contributed by atoms with E-state index in [-0.39, 0.29) is 87.6 Å². The molecule has 0 saturated heterocycles. The minimum atomic E-state index is -0.997. The van der Waals surface area contributed by atoms with E-state index in [9.17, 15) is 48.6 Å². The molecule has 9 aromatic rings. The number of hydrogen-bond acceptors (Lipinski definition) is 25. The predicted molar refractivity (Wildman–Crippen MR) is 404 cm³/mol. The number of phenols is 2. The number of hydrogen-bond donors (Lipinski definition) is 2. The van der Waals surface area contributed by atoms with Gasteiger partial charge in [0.15, 0.2) is 52.0 Å². The van der Waals surface area contributed by atoms with Crippen LogP contribution >= 0.6 is 0 Å². The number of phenolic OH excluding ortho intramolecular Hbond substituents is 2. The van der Waals surface area contributed by atoms with Gasteiger partial charge in [-0.3, -0.25) is 4.79 Å². The molecule has 0 saturated carbocycles. The van der Waals surface area contributed by atoms with Crippen molar-refractivity contribution in [1.82, 2.24) is 0 Å². The minimum Gasteiger partial charge on any atom is -0.507 e. The Labute approximate surface area is 642 Å².